The van der Waals surface area contributed by atoms with Crippen LogP contribution in [0.2, 0.25) is 10.0 Å². The monoisotopic (exact) mass is 251 g/mol. The average Bonchev–Trinajstić information content (AvgIpc) is 2.30. The molecular weight excluding hydrogens is 241 g/mol. The van der Waals surface area contributed by atoms with Crippen molar-refractivity contribution in [3.8, 4) is 0 Å². The summed E-state index contributed by atoms with van der Waals surface area (Å²) in [6, 6.07) is 14.9. The largest absolute Gasteiger partial charge is 0.320 e. The molecule has 3 heteroatoms. The van der Waals surface area contributed by atoms with E-state index in [0.717, 1.165) is 11.1 Å². The Kier molecular flexibility index (Phi) is 3.49. The zero-order chi connectivity index (χ0) is 11.5. The Labute approximate surface area is 105 Å². The molecule has 2 rings (SSSR count). The summed E-state index contributed by atoms with van der Waals surface area (Å²) in [5.74, 6) is 0. The Hall–Kier alpha value is -1.02. The Bertz CT molecular complexity index is 462. The van der Waals surface area contributed by atoms with Crippen molar-refractivity contribution in [1.29, 1.82) is 0 Å². The zero-order valence-electron chi connectivity index (χ0n) is 8.53. The van der Waals surface area contributed by atoms with Crippen molar-refractivity contribution in [3.05, 3.63) is 69.7 Å². The van der Waals surface area contributed by atoms with Gasteiger partial charge in [-0.1, -0.05) is 59.6 Å². The quantitative estimate of drug-likeness (QED) is 0.857. The molecule has 1 nitrogen and oxygen atoms in total. The smallest absolute Gasteiger partial charge is 0.0581 e. The van der Waals surface area contributed by atoms with Gasteiger partial charge in [0.15, 0.2) is 0 Å². The van der Waals surface area contributed by atoms with E-state index in [9.17, 15) is 0 Å². The van der Waals surface area contributed by atoms with Gasteiger partial charge in [0, 0.05) is 15.6 Å². The summed E-state index contributed by atoms with van der Waals surface area (Å²) in [7, 11) is 0. The lowest BCUT2D eigenvalue weighted by atomic mass is 10.00. The second kappa shape index (κ2) is 4.88. The van der Waals surface area contributed by atoms with E-state index in [1.807, 2.05) is 36.4 Å². The molecule has 1 atom stereocenters. The van der Waals surface area contributed by atoms with E-state index in [4.69, 9.17) is 28.9 Å². The fourth-order valence-electron chi connectivity index (χ4n) is 1.63. The average molecular weight is 252 g/mol. The van der Waals surface area contributed by atoms with Crippen LogP contribution in [0, 0.1) is 0 Å². The highest BCUT2D eigenvalue weighted by molar-refractivity contribution is 6.36. The minimum atomic E-state index is -0.289. The third kappa shape index (κ3) is 2.22. The zero-order valence-corrected chi connectivity index (χ0v) is 10.0. The lowest BCUT2D eigenvalue weighted by molar-refractivity contribution is 0.872. The molecule has 0 amide bonds. The van der Waals surface area contributed by atoms with Crippen LogP contribution in [0.1, 0.15) is 17.2 Å². The molecule has 16 heavy (non-hydrogen) atoms. The molecular formula is C13H11Cl2N. The summed E-state index contributed by atoms with van der Waals surface area (Å²) in [4.78, 5) is 0. The molecule has 82 valence electrons. The van der Waals surface area contributed by atoms with E-state index >= 15 is 0 Å². The first-order valence-electron chi connectivity index (χ1n) is 4.94. The molecule has 0 saturated carbocycles. The number of benzene rings is 2. The van der Waals surface area contributed by atoms with Gasteiger partial charge in [0.05, 0.1) is 6.04 Å². The second-order valence-electron chi connectivity index (χ2n) is 3.52. The van der Waals surface area contributed by atoms with Gasteiger partial charge in [-0.25, -0.2) is 0 Å². The molecule has 2 N–H and O–H groups in total. The Morgan fingerprint density at radius 2 is 1.38 bits per heavy atom. The lowest BCUT2D eigenvalue weighted by Crippen LogP contribution is -2.12. The van der Waals surface area contributed by atoms with Gasteiger partial charge in [-0.05, 0) is 17.7 Å². The molecule has 2 aromatic rings. The molecule has 0 radical (unpaired) electrons. The van der Waals surface area contributed by atoms with Crippen molar-refractivity contribution in [3.63, 3.8) is 0 Å². The van der Waals surface area contributed by atoms with Gasteiger partial charge in [0.1, 0.15) is 0 Å². The van der Waals surface area contributed by atoms with Crippen molar-refractivity contribution in [1.82, 2.24) is 0 Å². The first-order chi connectivity index (χ1) is 7.70. The Morgan fingerprint density at radius 3 is 1.94 bits per heavy atom. The summed E-state index contributed by atoms with van der Waals surface area (Å²) < 4.78 is 0. The molecule has 0 fully saturated rings. The summed E-state index contributed by atoms with van der Waals surface area (Å²) in [5, 5.41) is 1.20. The van der Waals surface area contributed by atoms with Gasteiger partial charge < -0.3 is 5.73 Å². The summed E-state index contributed by atoms with van der Waals surface area (Å²) in [5.41, 5.74) is 7.92. The fourth-order valence-corrected chi connectivity index (χ4v) is 2.27. The molecule has 0 heterocycles. The van der Waals surface area contributed by atoms with Crippen molar-refractivity contribution in [2.24, 2.45) is 5.73 Å². The topological polar surface area (TPSA) is 26.0 Å². The van der Waals surface area contributed by atoms with Crippen LogP contribution in [0.25, 0.3) is 0 Å². The van der Waals surface area contributed by atoms with E-state index in [0.29, 0.717) is 10.0 Å². The molecule has 0 bridgehead atoms. The SMILES string of the molecule is NC(c1ccccc1)c1c(Cl)cccc1Cl. The highest BCUT2D eigenvalue weighted by Gasteiger charge is 2.15. The van der Waals surface area contributed by atoms with Crippen LogP contribution in [0.4, 0.5) is 0 Å². The maximum absolute atomic E-state index is 6.15. The third-order valence-electron chi connectivity index (χ3n) is 2.47. The van der Waals surface area contributed by atoms with E-state index in [1.54, 1.807) is 12.1 Å². The molecule has 2 aromatic carbocycles. The van der Waals surface area contributed by atoms with Gasteiger partial charge >= 0.3 is 0 Å². The van der Waals surface area contributed by atoms with Gasteiger partial charge in [0.2, 0.25) is 0 Å². The number of nitrogens with two attached hydrogens (primary N) is 1. The first-order valence-corrected chi connectivity index (χ1v) is 5.70. The van der Waals surface area contributed by atoms with Crippen LogP contribution >= 0.6 is 23.2 Å². The highest BCUT2D eigenvalue weighted by atomic mass is 35.5. The van der Waals surface area contributed by atoms with Crippen molar-refractivity contribution in [2.75, 3.05) is 0 Å². The van der Waals surface area contributed by atoms with Crippen LogP contribution in [0.15, 0.2) is 48.5 Å². The minimum absolute atomic E-state index is 0.289. The second-order valence-corrected chi connectivity index (χ2v) is 4.34. The minimum Gasteiger partial charge on any atom is -0.320 e. The van der Waals surface area contributed by atoms with Crippen molar-refractivity contribution >= 4 is 23.2 Å². The molecule has 0 aromatic heterocycles. The summed E-state index contributed by atoms with van der Waals surface area (Å²) in [6.07, 6.45) is 0. The molecule has 0 aliphatic rings. The van der Waals surface area contributed by atoms with Crippen molar-refractivity contribution < 1.29 is 0 Å². The van der Waals surface area contributed by atoms with Gasteiger partial charge in [0.25, 0.3) is 0 Å². The molecule has 1 unspecified atom stereocenters. The van der Waals surface area contributed by atoms with Gasteiger partial charge in [-0.15, -0.1) is 0 Å². The van der Waals surface area contributed by atoms with Crippen molar-refractivity contribution in [2.45, 2.75) is 6.04 Å². The number of hydrogen-bond acceptors (Lipinski definition) is 1. The highest BCUT2D eigenvalue weighted by Crippen LogP contribution is 2.32. The Balaban J connectivity index is 2.46. The number of rotatable bonds is 2. The number of halogens is 2. The van der Waals surface area contributed by atoms with Gasteiger partial charge in [-0.2, -0.15) is 0 Å². The predicted octanol–water partition coefficient (Wildman–Crippen LogP) is 4.04. The van der Waals surface area contributed by atoms with Crippen LogP contribution < -0.4 is 5.73 Å². The van der Waals surface area contributed by atoms with Crippen LogP contribution in [-0.4, -0.2) is 0 Å². The van der Waals surface area contributed by atoms with Crippen LogP contribution in [0.5, 0.6) is 0 Å². The van der Waals surface area contributed by atoms with E-state index in [2.05, 4.69) is 0 Å². The maximum Gasteiger partial charge on any atom is 0.0581 e. The van der Waals surface area contributed by atoms with Gasteiger partial charge in [-0.3, -0.25) is 0 Å². The normalized spacial score (nSPS) is 12.4. The van der Waals surface area contributed by atoms with E-state index < -0.39 is 0 Å². The molecule has 0 aliphatic carbocycles. The third-order valence-corrected chi connectivity index (χ3v) is 3.13. The van der Waals surface area contributed by atoms with Crippen LogP contribution in [-0.2, 0) is 0 Å². The first kappa shape index (κ1) is 11.5. The lowest BCUT2D eigenvalue weighted by Gasteiger charge is -2.15. The summed E-state index contributed by atoms with van der Waals surface area (Å²) in [6.45, 7) is 0. The van der Waals surface area contributed by atoms with E-state index in [-0.39, 0.29) is 6.04 Å². The van der Waals surface area contributed by atoms with Crippen LogP contribution in [0.3, 0.4) is 0 Å². The fraction of sp³-hybridized carbons (Fsp3) is 0.0769. The molecule has 0 aliphatic heterocycles. The summed E-state index contributed by atoms with van der Waals surface area (Å²) >= 11 is 12.2. The molecule has 0 spiro atoms. The van der Waals surface area contributed by atoms with E-state index in [1.165, 1.54) is 0 Å². The Morgan fingerprint density at radius 1 is 0.812 bits per heavy atom. The standard InChI is InChI=1S/C13H11Cl2N/c14-10-7-4-8-11(15)12(10)13(16)9-5-2-1-3-6-9/h1-8,13H,16H2. The molecule has 0 saturated heterocycles. The predicted molar refractivity (Wildman–Crippen MR) is 68.9 cm³/mol. The maximum atomic E-state index is 6.15. The number of hydrogen-bond donors (Lipinski definition) is 1.